The summed E-state index contributed by atoms with van der Waals surface area (Å²) in [6, 6.07) is 4.94. The molecular weight excluding hydrogens is 328 g/mol. The van der Waals surface area contributed by atoms with Crippen molar-refractivity contribution in [3.05, 3.63) is 28.2 Å². The van der Waals surface area contributed by atoms with Crippen LogP contribution >= 0.6 is 15.9 Å². The number of rotatable bonds is 6. The van der Waals surface area contributed by atoms with Crippen LogP contribution in [0.25, 0.3) is 0 Å². The topological polar surface area (TPSA) is 72.2 Å². The first-order chi connectivity index (χ1) is 8.77. The first-order valence-electron chi connectivity index (χ1n) is 6.25. The van der Waals surface area contributed by atoms with E-state index in [0.717, 1.165) is 12.0 Å². The summed E-state index contributed by atoms with van der Waals surface area (Å²) in [5, 5.41) is 0. The Morgan fingerprint density at radius 1 is 1.37 bits per heavy atom. The second-order valence-corrected chi connectivity index (χ2v) is 7.55. The largest absolute Gasteiger partial charge is 0.329 e. The maximum absolute atomic E-state index is 12.4. The van der Waals surface area contributed by atoms with Gasteiger partial charge in [-0.15, -0.1) is 0 Å². The zero-order chi connectivity index (χ0) is 14.6. The molecule has 0 aromatic heterocycles. The molecule has 6 heteroatoms. The van der Waals surface area contributed by atoms with E-state index in [1.807, 2.05) is 26.8 Å². The van der Waals surface area contributed by atoms with E-state index >= 15 is 0 Å². The Bertz CT molecular complexity index is 529. The van der Waals surface area contributed by atoms with Gasteiger partial charge in [0.2, 0.25) is 10.0 Å². The van der Waals surface area contributed by atoms with E-state index < -0.39 is 10.0 Å². The van der Waals surface area contributed by atoms with Crippen LogP contribution in [0.2, 0.25) is 0 Å². The monoisotopic (exact) mass is 348 g/mol. The quantitative estimate of drug-likeness (QED) is 0.828. The summed E-state index contributed by atoms with van der Waals surface area (Å²) in [5.41, 5.74) is 6.52. The Hall–Kier alpha value is -0.430. The van der Waals surface area contributed by atoms with Crippen LogP contribution in [-0.4, -0.2) is 21.0 Å². The van der Waals surface area contributed by atoms with Crippen LogP contribution in [0, 0.1) is 12.8 Å². The molecular formula is C13H21BrN2O2S. The molecule has 1 aromatic carbocycles. The van der Waals surface area contributed by atoms with Crippen molar-refractivity contribution in [1.82, 2.24) is 4.72 Å². The van der Waals surface area contributed by atoms with E-state index in [2.05, 4.69) is 20.7 Å². The highest BCUT2D eigenvalue weighted by Gasteiger charge is 2.22. The fourth-order valence-electron chi connectivity index (χ4n) is 1.87. The number of sulfonamides is 1. The minimum Gasteiger partial charge on any atom is -0.329 e. The summed E-state index contributed by atoms with van der Waals surface area (Å²) in [5.74, 6) is 0.386. The molecule has 1 unspecified atom stereocenters. The van der Waals surface area contributed by atoms with Crippen LogP contribution in [0.1, 0.15) is 25.8 Å². The van der Waals surface area contributed by atoms with Gasteiger partial charge in [0.1, 0.15) is 0 Å². The minimum absolute atomic E-state index is 0.239. The van der Waals surface area contributed by atoms with Gasteiger partial charge in [0.05, 0.1) is 4.90 Å². The number of benzene rings is 1. The number of nitrogens with one attached hydrogen (secondary N) is 1. The molecule has 19 heavy (non-hydrogen) atoms. The molecule has 3 N–H and O–H groups in total. The lowest BCUT2D eigenvalue weighted by atomic mass is 10.1. The zero-order valence-electron chi connectivity index (χ0n) is 11.5. The molecule has 0 spiro atoms. The number of aryl methyl sites for hydroxylation is 1. The maximum atomic E-state index is 12.4. The van der Waals surface area contributed by atoms with E-state index in [-0.39, 0.29) is 10.9 Å². The molecule has 1 rings (SSSR count). The molecule has 1 aromatic rings. The van der Waals surface area contributed by atoms with Crippen molar-refractivity contribution < 1.29 is 8.42 Å². The predicted octanol–water partition coefficient (Wildman–Crippen LogP) is 2.41. The molecule has 0 saturated heterocycles. The van der Waals surface area contributed by atoms with Crippen LogP contribution in [0.3, 0.4) is 0 Å². The summed E-state index contributed by atoms with van der Waals surface area (Å²) in [7, 11) is -3.55. The second kappa shape index (κ2) is 6.83. The average molecular weight is 349 g/mol. The van der Waals surface area contributed by atoms with Crippen molar-refractivity contribution in [3.63, 3.8) is 0 Å². The van der Waals surface area contributed by atoms with Gasteiger partial charge in [-0.25, -0.2) is 13.1 Å². The molecule has 0 fully saturated rings. The normalized spacial score (nSPS) is 13.8. The molecule has 1 atom stereocenters. The van der Waals surface area contributed by atoms with E-state index in [1.165, 1.54) is 0 Å². The maximum Gasteiger partial charge on any atom is 0.241 e. The van der Waals surface area contributed by atoms with Crippen LogP contribution < -0.4 is 10.5 Å². The lowest BCUT2D eigenvalue weighted by molar-refractivity contribution is 0.465. The summed E-state index contributed by atoms with van der Waals surface area (Å²) < 4.78 is 28.0. The van der Waals surface area contributed by atoms with Crippen LogP contribution in [0.5, 0.6) is 0 Å². The van der Waals surface area contributed by atoms with E-state index in [9.17, 15) is 8.42 Å². The summed E-state index contributed by atoms with van der Waals surface area (Å²) in [6.07, 6.45) is 0.721. The van der Waals surface area contributed by atoms with Crippen LogP contribution in [0.15, 0.2) is 27.6 Å². The van der Waals surface area contributed by atoms with Crippen molar-refractivity contribution in [1.29, 1.82) is 0 Å². The van der Waals surface area contributed by atoms with Gasteiger partial charge >= 0.3 is 0 Å². The Morgan fingerprint density at radius 2 is 2.00 bits per heavy atom. The molecule has 0 aliphatic rings. The first-order valence-corrected chi connectivity index (χ1v) is 8.53. The highest BCUT2D eigenvalue weighted by molar-refractivity contribution is 9.10. The molecule has 0 aliphatic heterocycles. The number of nitrogens with two attached hydrogens (primary N) is 1. The van der Waals surface area contributed by atoms with Gasteiger partial charge in [-0.1, -0.05) is 26.0 Å². The first kappa shape index (κ1) is 16.6. The Balaban J connectivity index is 3.01. The van der Waals surface area contributed by atoms with Gasteiger partial charge < -0.3 is 5.73 Å². The van der Waals surface area contributed by atoms with Gasteiger partial charge in [0.25, 0.3) is 0 Å². The van der Waals surface area contributed by atoms with Crippen molar-refractivity contribution in [2.75, 3.05) is 6.54 Å². The molecule has 0 bridgehead atoms. The van der Waals surface area contributed by atoms with Crippen molar-refractivity contribution >= 4 is 26.0 Å². The van der Waals surface area contributed by atoms with Gasteiger partial charge in [0.15, 0.2) is 0 Å². The van der Waals surface area contributed by atoms with E-state index in [1.54, 1.807) is 12.1 Å². The highest BCUT2D eigenvalue weighted by Crippen LogP contribution is 2.25. The standard InChI is InChI=1S/C13H21BrN2O2S/c1-9(2)7-11(8-15)16-19(17,18)12-6-4-5-10(3)13(12)14/h4-6,9,11,16H,7-8,15H2,1-3H3. The average Bonchev–Trinajstić information content (AvgIpc) is 2.30. The molecule has 108 valence electrons. The van der Waals surface area contributed by atoms with Crippen molar-refractivity contribution in [3.8, 4) is 0 Å². The van der Waals surface area contributed by atoms with Gasteiger partial charge in [0, 0.05) is 17.1 Å². The van der Waals surface area contributed by atoms with Crippen LogP contribution in [-0.2, 0) is 10.0 Å². The SMILES string of the molecule is Cc1cccc(S(=O)(=O)NC(CN)CC(C)C)c1Br. The van der Waals surface area contributed by atoms with Crippen molar-refractivity contribution in [2.24, 2.45) is 11.7 Å². The molecule has 0 heterocycles. The minimum atomic E-state index is -3.55. The fraction of sp³-hybridized carbons (Fsp3) is 0.538. The summed E-state index contributed by atoms with van der Waals surface area (Å²) >= 11 is 3.33. The highest BCUT2D eigenvalue weighted by atomic mass is 79.9. The Kier molecular flexibility index (Phi) is 5.98. The van der Waals surface area contributed by atoms with Gasteiger partial charge in [-0.3, -0.25) is 0 Å². The molecule has 0 amide bonds. The number of hydrogen-bond acceptors (Lipinski definition) is 3. The smallest absolute Gasteiger partial charge is 0.241 e. The predicted molar refractivity (Wildman–Crippen MR) is 81.5 cm³/mol. The van der Waals surface area contributed by atoms with Crippen LogP contribution in [0.4, 0.5) is 0 Å². The summed E-state index contributed by atoms with van der Waals surface area (Å²) in [4.78, 5) is 0.259. The zero-order valence-corrected chi connectivity index (χ0v) is 13.9. The molecule has 0 saturated carbocycles. The molecule has 4 nitrogen and oxygen atoms in total. The summed E-state index contributed by atoms with van der Waals surface area (Å²) in [6.45, 7) is 6.23. The third-order valence-electron chi connectivity index (χ3n) is 2.81. The van der Waals surface area contributed by atoms with Gasteiger partial charge in [-0.2, -0.15) is 0 Å². The lowest BCUT2D eigenvalue weighted by Gasteiger charge is -2.19. The Morgan fingerprint density at radius 3 is 2.53 bits per heavy atom. The van der Waals surface area contributed by atoms with E-state index in [4.69, 9.17) is 5.73 Å². The molecule has 0 aliphatic carbocycles. The number of halogens is 1. The second-order valence-electron chi connectivity index (χ2n) is 5.07. The number of hydrogen-bond donors (Lipinski definition) is 2. The van der Waals surface area contributed by atoms with Crippen molar-refractivity contribution in [2.45, 2.75) is 38.1 Å². The third-order valence-corrected chi connectivity index (χ3v) is 5.69. The lowest BCUT2D eigenvalue weighted by Crippen LogP contribution is -2.41. The fourth-order valence-corrected chi connectivity index (χ4v) is 4.19. The van der Waals surface area contributed by atoms with Gasteiger partial charge in [-0.05, 0) is 46.8 Å². The Labute approximate surface area is 124 Å². The molecule has 0 radical (unpaired) electrons. The van der Waals surface area contributed by atoms with E-state index in [0.29, 0.717) is 16.9 Å². The third kappa shape index (κ3) is 4.56.